The zero-order chi connectivity index (χ0) is 25.2. The molecule has 4 aliphatic rings. The van der Waals surface area contributed by atoms with Crippen LogP contribution >= 0.6 is 11.6 Å². The van der Waals surface area contributed by atoms with Crippen molar-refractivity contribution in [3.63, 3.8) is 0 Å². The average Bonchev–Trinajstić information content (AvgIpc) is 3.51. The quantitative estimate of drug-likeness (QED) is 0.211. The minimum atomic E-state index is -0.556. The van der Waals surface area contributed by atoms with Gasteiger partial charge in [0, 0.05) is 30.7 Å². The van der Waals surface area contributed by atoms with Gasteiger partial charge in [0.1, 0.15) is 23.5 Å². The zero-order valence-corrected chi connectivity index (χ0v) is 20.7. The van der Waals surface area contributed by atoms with Gasteiger partial charge in [-0.15, -0.1) is 5.10 Å². The van der Waals surface area contributed by atoms with Gasteiger partial charge in [-0.2, -0.15) is 5.12 Å². The molecule has 3 amide bonds. The van der Waals surface area contributed by atoms with E-state index in [1.54, 1.807) is 22.6 Å². The normalized spacial score (nSPS) is 20.0. The maximum absolute atomic E-state index is 11.9. The van der Waals surface area contributed by atoms with Crippen molar-refractivity contribution in [2.45, 2.75) is 25.3 Å². The first-order valence-corrected chi connectivity index (χ1v) is 12.0. The number of halogens is 1. The monoisotopic (exact) mass is 513 g/mol. The minimum absolute atomic E-state index is 0.133. The number of benzene rings is 1. The van der Waals surface area contributed by atoms with E-state index in [0.29, 0.717) is 23.4 Å². The lowest BCUT2D eigenvalue weighted by atomic mass is 10.2. The van der Waals surface area contributed by atoms with Gasteiger partial charge in [0.2, 0.25) is 0 Å². The number of nitrogens with one attached hydrogen (secondary N) is 4. The number of carbonyl (C=O) groups excluding carboxylic acids is 2. The Kier molecular flexibility index (Phi) is 6.72. The van der Waals surface area contributed by atoms with Crippen molar-refractivity contribution in [1.29, 1.82) is 0 Å². The topological polar surface area (TPSA) is 117 Å². The molecule has 190 valence electrons. The van der Waals surface area contributed by atoms with Crippen LogP contribution in [-0.2, 0) is 4.79 Å². The van der Waals surface area contributed by atoms with Gasteiger partial charge in [-0.05, 0) is 51.6 Å². The predicted octanol–water partition coefficient (Wildman–Crippen LogP) is 1.90. The molecule has 0 atom stereocenters. The Labute approximate surface area is 213 Å². The first-order chi connectivity index (χ1) is 17.4. The van der Waals surface area contributed by atoms with E-state index in [9.17, 15) is 9.59 Å². The second-order valence-corrected chi connectivity index (χ2v) is 9.41. The van der Waals surface area contributed by atoms with E-state index in [4.69, 9.17) is 16.3 Å². The zero-order valence-electron chi connectivity index (χ0n) is 20.0. The molecule has 2 fully saturated rings. The maximum atomic E-state index is 11.9. The summed E-state index contributed by atoms with van der Waals surface area (Å²) in [6.07, 6.45) is 9.86. The Morgan fingerprint density at radius 3 is 2.78 bits per heavy atom. The fourth-order valence-corrected chi connectivity index (χ4v) is 3.92. The first kappa shape index (κ1) is 24.0. The summed E-state index contributed by atoms with van der Waals surface area (Å²) in [4.78, 5) is 27.1. The number of hydrogen-bond acceptors (Lipinski definition) is 10. The molecule has 3 heterocycles. The van der Waals surface area contributed by atoms with Crippen LogP contribution in [0.4, 0.5) is 10.5 Å². The number of carbonyl (C=O) groups is 2. The summed E-state index contributed by atoms with van der Waals surface area (Å²) < 4.78 is 5.83. The van der Waals surface area contributed by atoms with Crippen molar-refractivity contribution >= 4 is 35.6 Å². The molecule has 0 unspecified atom stereocenters. The van der Waals surface area contributed by atoms with Crippen molar-refractivity contribution in [3.05, 3.63) is 58.9 Å². The number of rotatable bonds is 10. The molecule has 12 nitrogen and oxygen atoms in total. The van der Waals surface area contributed by atoms with Crippen molar-refractivity contribution < 1.29 is 14.3 Å². The van der Waals surface area contributed by atoms with Crippen LogP contribution in [0.5, 0.6) is 5.75 Å². The summed E-state index contributed by atoms with van der Waals surface area (Å²) in [5.41, 5.74) is 5.82. The number of nitrogens with zero attached hydrogens (tertiary/aromatic N) is 5. The van der Waals surface area contributed by atoms with Gasteiger partial charge >= 0.3 is 6.03 Å². The molecular weight excluding hydrogens is 486 g/mol. The third kappa shape index (κ3) is 5.56. The molecule has 1 aromatic carbocycles. The average molecular weight is 514 g/mol. The van der Waals surface area contributed by atoms with Gasteiger partial charge in [-0.3, -0.25) is 10.1 Å². The Balaban J connectivity index is 1.31. The number of amides is 3. The number of anilines is 1. The molecule has 0 aromatic heterocycles. The van der Waals surface area contributed by atoms with E-state index < -0.39 is 11.9 Å². The van der Waals surface area contributed by atoms with Crippen LogP contribution in [0.2, 0.25) is 5.02 Å². The smallest absolute Gasteiger partial charge is 0.326 e. The lowest BCUT2D eigenvalue weighted by Crippen LogP contribution is -2.44. The molecule has 5 rings (SSSR count). The van der Waals surface area contributed by atoms with E-state index in [2.05, 4.69) is 31.4 Å². The molecule has 0 bridgehead atoms. The lowest BCUT2D eigenvalue weighted by molar-refractivity contribution is -0.115. The minimum Gasteiger partial charge on any atom is -0.492 e. The molecule has 3 aliphatic heterocycles. The second-order valence-electron chi connectivity index (χ2n) is 9.00. The van der Waals surface area contributed by atoms with Crippen LogP contribution in [0.3, 0.4) is 0 Å². The molecule has 0 spiro atoms. The number of hydrazine groups is 2. The number of imide groups is 1. The Hall–Kier alpha value is -3.74. The highest BCUT2D eigenvalue weighted by Crippen LogP contribution is 2.33. The Morgan fingerprint density at radius 2 is 2.08 bits per heavy atom. The number of fused-ring (bicyclic) bond motifs is 1. The van der Waals surface area contributed by atoms with Crippen LogP contribution in [0.15, 0.2) is 59.0 Å². The van der Waals surface area contributed by atoms with Crippen molar-refractivity contribution in [2.75, 3.05) is 32.6 Å². The van der Waals surface area contributed by atoms with Crippen molar-refractivity contribution in [1.82, 2.24) is 36.1 Å². The summed E-state index contributed by atoms with van der Waals surface area (Å²) in [7, 11) is 4.06. The van der Waals surface area contributed by atoms with Crippen LogP contribution in [-0.4, -0.2) is 71.6 Å². The van der Waals surface area contributed by atoms with E-state index in [1.807, 2.05) is 43.6 Å². The SMILES string of the molecule is CN(C)CCCOc1ccc(NC2=CN(NC3CC3)N3N=CN(/C=C4\NC(=O)NC4=O)C=C23)cc1Cl. The highest BCUT2D eigenvalue weighted by molar-refractivity contribution is 6.32. The van der Waals surface area contributed by atoms with Gasteiger partial charge in [0.05, 0.1) is 23.5 Å². The van der Waals surface area contributed by atoms with Crippen molar-refractivity contribution in [2.24, 2.45) is 5.10 Å². The van der Waals surface area contributed by atoms with Gasteiger partial charge < -0.3 is 25.2 Å². The van der Waals surface area contributed by atoms with Gasteiger partial charge in [-0.1, -0.05) is 11.6 Å². The lowest BCUT2D eigenvalue weighted by Gasteiger charge is -2.30. The summed E-state index contributed by atoms with van der Waals surface area (Å²) in [6.45, 7) is 1.52. The molecule has 1 aliphatic carbocycles. The number of ether oxygens (including phenoxy) is 1. The van der Waals surface area contributed by atoms with Gasteiger partial charge in [0.25, 0.3) is 5.91 Å². The molecule has 4 N–H and O–H groups in total. The predicted molar refractivity (Wildman–Crippen MR) is 135 cm³/mol. The third-order valence-corrected chi connectivity index (χ3v) is 5.92. The maximum Gasteiger partial charge on any atom is 0.326 e. The van der Waals surface area contributed by atoms with Gasteiger partial charge in [-0.25, -0.2) is 15.3 Å². The summed E-state index contributed by atoms with van der Waals surface area (Å²) in [5.74, 6) is 0.140. The van der Waals surface area contributed by atoms with E-state index in [0.717, 1.165) is 42.9 Å². The highest BCUT2D eigenvalue weighted by atomic mass is 35.5. The molecule has 1 aromatic rings. The summed E-state index contributed by atoms with van der Waals surface area (Å²) in [5, 5.41) is 16.6. The molecule has 1 saturated carbocycles. The van der Waals surface area contributed by atoms with Crippen LogP contribution in [0.25, 0.3) is 0 Å². The molecule has 0 radical (unpaired) electrons. The Bertz CT molecular complexity index is 1180. The van der Waals surface area contributed by atoms with E-state index >= 15 is 0 Å². The fraction of sp³-hybridized carbons (Fsp3) is 0.348. The second kappa shape index (κ2) is 10.1. The molecule has 13 heteroatoms. The molecule has 36 heavy (non-hydrogen) atoms. The highest BCUT2D eigenvalue weighted by Gasteiger charge is 2.34. The Morgan fingerprint density at radius 1 is 1.25 bits per heavy atom. The van der Waals surface area contributed by atoms with Gasteiger partial charge in [0.15, 0.2) is 0 Å². The standard InChI is InChI=1S/C23H28ClN9O3/c1-30(2)8-3-9-36-21-7-6-16(10-17(21)24)26-18-12-32(29-15-4-5-15)33-20(18)13-31(14-25-33)11-19-22(34)28-23(35)27-19/h6-7,10-15,26,29H,3-5,8-9H2,1-2H3,(H2,27,28,34,35)/b19-11-. The van der Waals surface area contributed by atoms with E-state index in [-0.39, 0.29) is 5.70 Å². The molecular formula is C23H28ClN9O3. The van der Waals surface area contributed by atoms with Crippen molar-refractivity contribution in [3.8, 4) is 5.75 Å². The van der Waals surface area contributed by atoms with E-state index in [1.165, 1.54) is 6.20 Å². The number of hydrogen-bond donors (Lipinski definition) is 4. The fourth-order valence-electron chi connectivity index (χ4n) is 3.68. The van der Waals surface area contributed by atoms with Crippen LogP contribution in [0, 0.1) is 0 Å². The number of hydrazone groups is 1. The van der Waals surface area contributed by atoms with Crippen LogP contribution in [0.1, 0.15) is 19.3 Å². The molecule has 1 saturated heterocycles. The third-order valence-electron chi connectivity index (χ3n) is 5.62. The largest absolute Gasteiger partial charge is 0.492 e. The summed E-state index contributed by atoms with van der Waals surface area (Å²) >= 11 is 6.49. The number of urea groups is 1. The summed E-state index contributed by atoms with van der Waals surface area (Å²) in [6, 6.07) is 5.40. The first-order valence-electron chi connectivity index (χ1n) is 11.6. The van der Waals surface area contributed by atoms with Crippen LogP contribution < -0.4 is 26.1 Å².